The van der Waals surface area contributed by atoms with Crippen molar-refractivity contribution in [1.82, 2.24) is 10.1 Å². The number of thioether (sulfide) groups is 1. The molecule has 1 unspecified atom stereocenters. The summed E-state index contributed by atoms with van der Waals surface area (Å²) in [6.07, 6.45) is 2.33. The lowest BCUT2D eigenvalue weighted by Gasteiger charge is -2.19. The molecule has 2 rings (SSSR count). The SMILES string of the molecule is CCCCSC1CN(C)C(=O)N1c1cc(C(C)(C)C)on1. The number of amides is 2. The Kier molecular flexibility index (Phi) is 4.86. The standard InChI is InChI=1S/C15H25N3O2S/c1-6-7-8-21-13-10-17(5)14(19)18(13)12-9-11(20-16-12)15(2,3)4/h9,13H,6-8,10H2,1-5H3. The van der Waals surface area contributed by atoms with E-state index in [1.807, 2.05) is 24.9 Å². The van der Waals surface area contributed by atoms with Crippen molar-refractivity contribution >= 4 is 23.6 Å². The van der Waals surface area contributed by atoms with Gasteiger partial charge in [-0.15, -0.1) is 11.8 Å². The van der Waals surface area contributed by atoms with Gasteiger partial charge < -0.3 is 9.42 Å². The maximum absolute atomic E-state index is 12.4. The van der Waals surface area contributed by atoms with E-state index in [-0.39, 0.29) is 16.8 Å². The number of hydrogen-bond donors (Lipinski definition) is 0. The molecule has 1 saturated heterocycles. The molecule has 1 aliphatic heterocycles. The molecule has 0 radical (unpaired) electrons. The number of nitrogens with zero attached hydrogens (tertiary/aromatic N) is 3. The van der Waals surface area contributed by atoms with Crippen molar-refractivity contribution < 1.29 is 9.32 Å². The molecule has 2 heterocycles. The van der Waals surface area contributed by atoms with E-state index in [2.05, 4.69) is 32.9 Å². The van der Waals surface area contributed by atoms with Crippen molar-refractivity contribution in [1.29, 1.82) is 0 Å². The molecule has 5 nitrogen and oxygen atoms in total. The summed E-state index contributed by atoms with van der Waals surface area (Å²) in [5.41, 5.74) is -0.106. The summed E-state index contributed by atoms with van der Waals surface area (Å²) >= 11 is 1.82. The summed E-state index contributed by atoms with van der Waals surface area (Å²) < 4.78 is 5.43. The number of hydrogen-bond acceptors (Lipinski definition) is 4. The van der Waals surface area contributed by atoms with E-state index in [0.717, 1.165) is 18.1 Å². The van der Waals surface area contributed by atoms with Gasteiger partial charge in [-0.05, 0) is 12.2 Å². The van der Waals surface area contributed by atoms with Crippen LogP contribution in [0, 0.1) is 0 Å². The third-order valence-electron chi connectivity index (χ3n) is 3.54. The summed E-state index contributed by atoms with van der Waals surface area (Å²) in [5.74, 6) is 2.49. The van der Waals surface area contributed by atoms with Crippen molar-refractivity contribution in [3.05, 3.63) is 11.8 Å². The first-order valence-electron chi connectivity index (χ1n) is 7.47. The van der Waals surface area contributed by atoms with E-state index >= 15 is 0 Å². The van der Waals surface area contributed by atoms with Crippen LogP contribution in [0.25, 0.3) is 0 Å². The molecule has 21 heavy (non-hydrogen) atoms. The van der Waals surface area contributed by atoms with E-state index in [1.165, 1.54) is 12.8 Å². The summed E-state index contributed by atoms with van der Waals surface area (Å²) in [7, 11) is 1.83. The van der Waals surface area contributed by atoms with Gasteiger partial charge in [0.25, 0.3) is 0 Å². The van der Waals surface area contributed by atoms with Crippen molar-refractivity contribution in [2.45, 2.75) is 51.3 Å². The molecule has 118 valence electrons. The molecule has 0 N–H and O–H groups in total. The highest BCUT2D eigenvalue weighted by atomic mass is 32.2. The number of carbonyl (C=O) groups excluding carboxylic acids is 1. The van der Waals surface area contributed by atoms with Crippen LogP contribution in [0.2, 0.25) is 0 Å². The van der Waals surface area contributed by atoms with Gasteiger partial charge in [0.15, 0.2) is 5.82 Å². The zero-order valence-corrected chi connectivity index (χ0v) is 14.4. The fraction of sp³-hybridized carbons (Fsp3) is 0.733. The summed E-state index contributed by atoms with van der Waals surface area (Å²) in [6, 6.07) is 1.89. The Labute approximate surface area is 131 Å². The second-order valence-electron chi connectivity index (χ2n) is 6.51. The minimum absolute atomic E-state index is 0.00208. The summed E-state index contributed by atoms with van der Waals surface area (Å²) in [4.78, 5) is 15.9. The molecular weight excluding hydrogens is 286 g/mol. The van der Waals surface area contributed by atoms with Gasteiger partial charge in [-0.1, -0.05) is 39.3 Å². The molecular formula is C15H25N3O2S. The quantitative estimate of drug-likeness (QED) is 0.778. The number of carbonyl (C=O) groups is 1. The van der Waals surface area contributed by atoms with E-state index in [9.17, 15) is 4.79 Å². The molecule has 2 amide bonds. The van der Waals surface area contributed by atoms with Gasteiger partial charge in [0.2, 0.25) is 0 Å². The van der Waals surface area contributed by atoms with Gasteiger partial charge in [0.05, 0.1) is 6.54 Å². The highest BCUT2D eigenvalue weighted by molar-refractivity contribution is 8.00. The van der Waals surface area contributed by atoms with Gasteiger partial charge in [-0.3, -0.25) is 4.90 Å². The molecule has 1 fully saturated rings. The van der Waals surface area contributed by atoms with Gasteiger partial charge >= 0.3 is 6.03 Å². The average Bonchev–Trinajstić information content (AvgIpc) is 2.96. The first-order valence-corrected chi connectivity index (χ1v) is 8.52. The van der Waals surface area contributed by atoms with Gasteiger partial charge in [-0.25, -0.2) is 4.79 Å². The first-order chi connectivity index (χ1) is 9.84. The Balaban J connectivity index is 2.17. The summed E-state index contributed by atoms with van der Waals surface area (Å²) in [5, 5.41) is 4.24. The molecule has 1 atom stereocenters. The van der Waals surface area contributed by atoms with Crippen LogP contribution in [-0.4, -0.2) is 40.8 Å². The summed E-state index contributed by atoms with van der Waals surface area (Å²) in [6.45, 7) is 9.12. The van der Waals surface area contributed by atoms with Crippen LogP contribution in [0.5, 0.6) is 0 Å². The fourth-order valence-corrected chi connectivity index (χ4v) is 3.57. The molecule has 0 bridgehead atoms. The normalized spacial score (nSPS) is 19.7. The van der Waals surface area contributed by atoms with Gasteiger partial charge in [0.1, 0.15) is 11.1 Å². The van der Waals surface area contributed by atoms with Crippen molar-refractivity contribution in [3.63, 3.8) is 0 Å². The van der Waals surface area contributed by atoms with Crippen molar-refractivity contribution in [2.75, 3.05) is 24.2 Å². The molecule has 0 spiro atoms. The number of aromatic nitrogens is 1. The molecule has 0 saturated carbocycles. The number of likely N-dealkylation sites (N-methyl/N-ethyl adjacent to an activating group) is 1. The van der Waals surface area contributed by atoms with Crippen LogP contribution >= 0.6 is 11.8 Å². The second kappa shape index (κ2) is 6.30. The minimum atomic E-state index is -0.106. The monoisotopic (exact) mass is 311 g/mol. The lowest BCUT2D eigenvalue weighted by Crippen LogP contribution is -2.33. The van der Waals surface area contributed by atoms with Crippen LogP contribution in [0.1, 0.15) is 46.3 Å². The van der Waals surface area contributed by atoms with E-state index in [4.69, 9.17) is 4.52 Å². The maximum atomic E-state index is 12.4. The second-order valence-corrected chi connectivity index (χ2v) is 7.80. The zero-order valence-electron chi connectivity index (χ0n) is 13.5. The lowest BCUT2D eigenvalue weighted by molar-refractivity contribution is 0.229. The lowest BCUT2D eigenvalue weighted by atomic mass is 9.93. The predicted octanol–water partition coefficient (Wildman–Crippen LogP) is 3.70. The average molecular weight is 311 g/mol. The Hall–Kier alpha value is -1.17. The zero-order chi connectivity index (χ0) is 15.6. The largest absolute Gasteiger partial charge is 0.359 e. The Morgan fingerprint density at radius 3 is 2.76 bits per heavy atom. The number of urea groups is 1. The highest BCUT2D eigenvalue weighted by Gasteiger charge is 2.38. The van der Waals surface area contributed by atoms with Gasteiger partial charge in [0, 0.05) is 18.5 Å². The molecule has 1 aromatic heterocycles. The smallest absolute Gasteiger partial charge is 0.326 e. The van der Waals surface area contributed by atoms with Gasteiger partial charge in [-0.2, -0.15) is 0 Å². The van der Waals surface area contributed by atoms with Crippen LogP contribution in [0.3, 0.4) is 0 Å². The number of anilines is 1. The van der Waals surface area contributed by atoms with Crippen LogP contribution < -0.4 is 4.90 Å². The topological polar surface area (TPSA) is 49.6 Å². The van der Waals surface area contributed by atoms with E-state index < -0.39 is 0 Å². The molecule has 1 aliphatic rings. The molecule has 0 aromatic carbocycles. The number of unbranched alkanes of at least 4 members (excludes halogenated alkanes) is 1. The predicted molar refractivity (Wildman–Crippen MR) is 86.9 cm³/mol. The van der Waals surface area contributed by atoms with Crippen molar-refractivity contribution in [2.24, 2.45) is 0 Å². The number of rotatable bonds is 5. The fourth-order valence-electron chi connectivity index (χ4n) is 2.17. The maximum Gasteiger partial charge on any atom is 0.326 e. The third kappa shape index (κ3) is 3.54. The minimum Gasteiger partial charge on any atom is -0.359 e. The highest BCUT2D eigenvalue weighted by Crippen LogP contribution is 2.33. The molecule has 0 aliphatic carbocycles. The Morgan fingerprint density at radius 2 is 2.19 bits per heavy atom. The van der Waals surface area contributed by atoms with Crippen LogP contribution in [-0.2, 0) is 5.41 Å². The van der Waals surface area contributed by atoms with Crippen molar-refractivity contribution in [3.8, 4) is 0 Å². The van der Waals surface area contributed by atoms with Crippen LogP contribution in [0.4, 0.5) is 10.6 Å². The van der Waals surface area contributed by atoms with Crippen LogP contribution in [0.15, 0.2) is 10.6 Å². The molecule has 1 aromatic rings. The van der Waals surface area contributed by atoms with E-state index in [1.54, 1.807) is 9.80 Å². The third-order valence-corrected chi connectivity index (χ3v) is 4.81. The Bertz CT molecular complexity index is 495. The molecule has 6 heteroatoms. The Morgan fingerprint density at radius 1 is 1.48 bits per heavy atom. The van der Waals surface area contributed by atoms with E-state index in [0.29, 0.717) is 5.82 Å². The first kappa shape index (κ1) is 16.2.